The number of nitro benzene ring substituents is 1. The minimum Gasteiger partial charge on any atom is -0.293 e. The van der Waals surface area contributed by atoms with Crippen molar-refractivity contribution in [3.8, 4) is 0 Å². The summed E-state index contributed by atoms with van der Waals surface area (Å²) in [5.74, 6) is -0.0549. The van der Waals surface area contributed by atoms with Crippen LogP contribution >= 0.6 is 0 Å². The summed E-state index contributed by atoms with van der Waals surface area (Å²) < 4.78 is 0. The number of nitrogens with zero attached hydrogens (tertiary/aromatic N) is 4. The Hall–Kier alpha value is -2.87. The summed E-state index contributed by atoms with van der Waals surface area (Å²) in [6.07, 6.45) is 3.06. The molecule has 1 heterocycles. The molecule has 0 aliphatic heterocycles. The first-order valence-corrected chi connectivity index (χ1v) is 6.99. The third kappa shape index (κ3) is 4.30. The van der Waals surface area contributed by atoms with E-state index in [1.165, 1.54) is 18.5 Å². The van der Waals surface area contributed by atoms with Crippen molar-refractivity contribution in [3.63, 3.8) is 0 Å². The predicted molar refractivity (Wildman–Crippen MR) is 84.7 cm³/mol. The van der Waals surface area contributed by atoms with E-state index in [4.69, 9.17) is 0 Å². The van der Waals surface area contributed by atoms with Crippen LogP contribution in [0.15, 0.2) is 42.7 Å². The Labute approximate surface area is 133 Å². The molecule has 1 amide bonds. The van der Waals surface area contributed by atoms with Gasteiger partial charge in [-0.1, -0.05) is 18.2 Å². The fourth-order valence-electron chi connectivity index (χ4n) is 2.01. The molecule has 1 aromatic carbocycles. The average Bonchev–Trinajstić information content (AvgIpc) is 2.55. The maximum atomic E-state index is 12.2. The second-order valence-electron chi connectivity index (χ2n) is 5.04. The fraction of sp³-hybridized carbons (Fsp3) is 0.267. The van der Waals surface area contributed by atoms with Crippen molar-refractivity contribution in [1.82, 2.24) is 14.9 Å². The molecule has 0 saturated heterocycles. The molecule has 120 valence electrons. The Kier molecular flexibility index (Phi) is 5.32. The molecule has 0 aliphatic carbocycles. The van der Waals surface area contributed by atoms with E-state index < -0.39 is 11.0 Å². The summed E-state index contributed by atoms with van der Waals surface area (Å²) in [7, 11) is 1.73. The molecule has 0 radical (unpaired) electrons. The van der Waals surface area contributed by atoms with E-state index >= 15 is 0 Å². The molecule has 0 aliphatic rings. The van der Waals surface area contributed by atoms with Crippen LogP contribution in [0, 0.1) is 10.1 Å². The molecule has 1 atom stereocenters. The first-order chi connectivity index (χ1) is 11.0. The molecule has 2 rings (SSSR count). The lowest BCUT2D eigenvalue weighted by Crippen LogP contribution is -2.39. The second-order valence-corrected chi connectivity index (χ2v) is 5.04. The number of nitro groups is 1. The molecule has 0 bridgehead atoms. The third-order valence-corrected chi connectivity index (χ3v) is 3.45. The molecule has 1 N–H and O–H groups in total. The molecular formula is C15H17N5O3. The zero-order valence-electron chi connectivity index (χ0n) is 12.8. The number of benzene rings is 1. The quantitative estimate of drug-likeness (QED) is 0.645. The van der Waals surface area contributed by atoms with Gasteiger partial charge in [0.05, 0.1) is 11.0 Å². The van der Waals surface area contributed by atoms with E-state index in [9.17, 15) is 14.9 Å². The van der Waals surface area contributed by atoms with Crippen molar-refractivity contribution in [1.29, 1.82) is 0 Å². The standard InChI is InChI=1S/C15H17N5O3/c1-11(14(21)18-15-16-8-5-9-17-15)19(2)10-12-6-3-4-7-13(12)20(22)23/h3-9,11H,10H2,1-2H3,(H,16,17,18,21)/t11-/m1/s1. The van der Waals surface area contributed by atoms with Crippen LogP contribution in [0.3, 0.4) is 0 Å². The Morgan fingerprint density at radius 2 is 1.96 bits per heavy atom. The zero-order valence-corrected chi connectivity index (χ0v) is 12.8. The van der Waals surface area contributed by atoms with Gasteiger partial charge in [0.25, 0.3) is 5.69 Å². The predicted octanol–water partition coefficient (Wildman–Crippen LogP) is 1.84. The molecule has 23 heavy (non-hydrogen) atoms. The van der Waals surface area contributed by atoms with E-state index in [-0.39, 0.29) is 24.1 Å². The first-order valence-electron chi connectivity index (χ1n) is 6.99. The number of hydrogen-bond acceptors (Lipinski definition) is 6. The number of carbonyl (C=O) groups is 1. The molecule has 1 aromatic heterocycles. The smallest absolute Gasteiger partial charge is 0.273 e. The van der Waals surface area contributed by atoms with Gasteiger partial charge in [-0.15, -0.1) is 0 Å². The van der Waals surface area contributed by atoms with Crippen LogP contribution in [0.1, 0.15) is 12.5 Å². The van der Waals surface area contributed by atoms with Gasteiger partial charge in [0.1, 0.15) is 0 Å². The fourth-order valence-corrected chi connectivity index (χ4v) is 2.01. The summed E-state index contributed by atoms with van der Waals surface area (Å²) in [5, 5.41) is 13.6. The molecule has 0 spiro atoms. The number of aromatic nitrogens is 2. The Bertz CT molecular complexity index is 693. The van der Waals surface area contributed by atoms with Gasteiger partial charge in [0, 0.05) is 30.6 Å². The van der Waals surface area contributed by atoms with Gasteiger partial charge in [-0.2, -0.15) is 0 Å². The van der Waals surface area contributed by atoms with Crippen LogP contribution in [-0.4, -0.2) is 38.8 Å². The van der Waals surface area contributed by atoms with Gasteiger partial charge in [0.15, 0.2) is 0 Å². The van der Waals surface area contributed by atoms with Crippen molar-refractivity contribution in [2.45, 2.75) is 19.5 Å². The lowest BCUT2D eigenvalue weighted by Gasteiger charge is -2.23. The minimum absolute atomic E-state index is 0.0401. The van der Waals surface area contributed by atoms with Crippen molar-refractivity contribution in [3.05, 3.63) is 58.4 Å². The van der Waals surface area contributed by atoms with Crippen LogP contribution in [0.25, 0.3) is 0 Å². The molecular weight excluding hydrogens is 298 g/mol. The van der Waals surface area contributed by atoms with E-state index in [1.54, 1.807) is 43.1 Å². The maximum Gasteiger partial charge on any atom is 0.273 e. The number of amides is 1. The lowest BCUT2D eigenvalue weighted by molar-refractivity contribution is -0.385. The van der Waals surface area contributed by atoms with E-state index in [2.05, 4.69) is 15.3 Å². The van der Waals surface area contributed by atoms with E-state index in [0.717, 1.165) is 0 Å². The zero-order chi connectivity index (χ0) is 16.8. The Balaban J connectivity index is 2.04. The monoisotopic (exact) mass is 315 g/mol. The molecule has 0 saturated carbocycles. The summed E-state index contributed by atoms with van der Waals surface area (Å²) >= 11 is 0. The second kappa shape index (κ2) is 7.41. The van der Waals surface area contributed by atoms with Crippen molar-refractivity contribution in [2.75, 3.05) is 12.4 Å². The van der Waals surface area contributed by atoms with Gasteiger partial charge in [0.2, 0.25) is 11.9 Å². The van der Waals surface area contributed by atoms with E-state index in [1.807, 2.05) is 0 Å². The van der Waals surface area contributed by atoms with Crippen molar-refractivity contribution >= 4 is 17.5 Å². The SMILES string of the molecule is C[C@H](C(=O)Nc1ncccn1)N(C)Cc1ccccc1[N+](=O)[O-]. The molecule has 2 aromatic rings. The van der Waals surface area contributed by atoms with Crippen LogP contribution in [0.4, 0.5) is 11.6 Å². The largest absolute Gasteiger partial charge is 0.293 e. The molecule has 8 heteroatoms. The highest BCUT2D eigenvalue weighted by molar-refractivity contribution is 5.92. The Morgan fingerprint density at radius 3 is 2.61 bits per heavy atom. The highest BCUT2D eigenvalue weighted by Crippen LogP contribution is 2.19. The molecule has 8 nitrogen and oxygen atoms in total. The summed E-state index contributed by atoms with van der Waals surface area (Å²) in [6, 6.07) is 7.63. The summed E-state index contributed by atoms with van der Waals surface area (Å²) in [5.41, 5.74) is 0.592. The van der Waals surface area contributed by atoms with Gasteiger partial charge in [-0.3, -0.25) is 25.1 Å². The van der Waals surface area contributed by atoms with Crippen LogP contribution in [0.2, 0.25) is 0 Å². The van der Waals surface area contributed by atoms with Crippen molar-refractivity contribution < 1.29 is 9.72 Å². The highest BCUT2D eigenvalue weighted by Gasteiger charge is 2.22. The number of anilines is 1. The van der Waals surface area contributed by atoms with Gasteiger partial charge < -0.3 is 0 Å². The van der Waals surface area contributed by atoms with Crippen LogP contribution < -0.4 is 5.32 Å². The number of carbonyl (C=O) groups excluding carboxylic acids is 1. The summed E-state index contributed by atoms with van der Waals surface area (Å²) in [6.45, 7) is 1.99. The van der Waals surface area contributed by atoms with Gasteiger partial charge in [-0.05, 0) is 20.0 Å². The first kappa shape index (κ1) is 16.5. The molecule has 0 unspecified atom stereocenters. The van der Waals surface area contributed by atoms with Crippen LogP contribution in [0.5, 0.6) is 0 Å². The number of para-hydroxylation sites is 1. The Morgan fingerprint density at radius 1 is 1.30 bits per heavy atom. The normalized spacial score (nSPS) is 12.0. The number of hydrogen-bond donors (Lipinski definition) is 1. The molecule has 0 fully saturated rings. The maximum absolute atomic E-state index is 12.2. The van der Waals surface area contributed by atoms with Gasteiger partial charge >= 0.3 is 0 Å². The van der Waals surface area contributed by atoms with Crippen LogP contribution in [-0.2, 0) is 11.3 Å². The third-order valence-electron chi connectivity index (χ3n) is 3.45. The summed E-state index contributed by atoms with van der Waals surface area (Å²) in [4.78, 5) is 32.4. The van der Waals surface area contributed by atoms with E-state index in [0.29, 0.717) is 5.56 Å². The topological polar surface area (TPSA) is 101 Å². The minimum atomic E-state index is -0.501. The number of rotatable bonds is 6. The number of likely N-dealkylation sites (N-methyl/N-ethyl adjacent to an activating group) is 1. The number of nitrogens with one attached hydrogen (secondary N) is 1. The lowest BCUT2D eigenvalue weighted by atomic mass is 10.1. The van der Waals surface area contributed by atoms with Crippen molar-refractivity contribution in [2.24, 2.45) is 0 Å². The average molecular weight is 315 g/mol. The highest BCUT2D eigenvalue weighted by atomic mass is 16.6. The van der Waals surface area contributed by atoms with Gasteiger partial charge in [-0.25, -0.2) is 9.97 Å².